The highest BCUT2D eigenvalue weighted by Gasteiger charge is 2.34. The molecule has 144 valence electrons. The van der Waals surface area contributed by atoms with Crippen molar-refractivity contribution in [3.8, 4) is 11.5 Å². The van der Waals surface area contributed by atoms with Crippen LogP contribution in [-0.4, -0.2) is 30.6 Å². The predicted molar refractivity (Wildman–Crippen MR) is 111 cm³/mol. The molecule has 6 nitrogen and oxygen atoms in total. The molecule has 1 heterocycles. The number of anilines is 1. The lowest BCUT2D eigenvalue weighted by Gasteiger charge is -2.28. The molecule has 1 aliphatic heterocycles. The van der Waals surface area contributed by atoms with E-state index in [1.54, 1.807) is 49.6 Å². The first-order valence-corrected chi connectivity index (χ1v) is 9.23. The lowest BCUT2D eigenvalue weighted by atomic mass is 10.1. The van der Waals surface area contributed by atoms with E-state index in [0.717, 1.165) is 6.42 Å². The van der Waals surface area contributed by atoms with Gasteiger partial charge in [-0.1, -0.05) is 31.2 Å². The summed E-state index contributed by atoms with van der Waals surface area (Å²) in [6, 6.07) is 14.2. The van der Waals surface area contributed by atoms with Crippen molar-refractivity contribution >= 4 is 40.9 Å². The first-order valence-electron chi connectivity index (χ1n) is 8.82. The topological polar surface area (TPSA) is 67.9 Å². The molecule has 7 heteroatoms. The highest BCUT2D eigenvalue weighted by molar-refractivity contribution is 7.80. The van der Waals surface area contributed by atoms with E-state index in [1.807, 2.05) is 13.0 Å². The van der Waals surface area contributed by atoms with Crippen molar-refractivity contribution in [1.82, 2.24) is 5.32 Å². The fourth-order valence-corrected chi connectivity index (χ4v) is 3.02. The highest BCUT2D eigenvalue weighted by Crippen LogP contribution is 2.30. The third kappa shape index (κ3) is 4.04. The molecule has 1 N–H and O–H groups in total. The lowest BCUT2D eigenvalue weighted by Crippen LogP contribution is -2.54. The second-order valence-electron chi connectivity index (χ2n) is 6.05. The average Bonchev–Trinajstić information content (AvgIpc) is 2.70. The first-order chi connectivity index (χ1) is 13.5. The number of nitrogens with one attached hydrogen (secondary N) is 1. The van der Waals surface area contributed by atoms with Crippen molar-refractivity contribution in [2.24, 2.45) is 0 Å². The quantitative estimate of drug-likeness (QED) is 0.461. The Morgan fingerprint density at radius 3 is 2.54 bits per heavy atom. The average molecular weight is 396 g/mol. The van der Waals surface area contributed by atoms with Crippen LogP contribution >= 0.6 is 12.2 Å². The van der Waals surface area contributed by atoms with E-state index in [-0.39, 0.29) is 10.7 Å². The van der Waals surface area contributed by atoms with Crippen molar-refractivity contribution < 1.29 is 19.1 Å². The number of carbonyl (C=O) groups excluding carboxylic acids is 2. The maximum absolute atomic E-state index is 13.0. The van der Waals surface area contributed by atoms with Crippen LogP contribution in [0.4, 0.5) is 5.69 Å². The number of amides is 2. The third-order valence-electron chi connectivity index (χ3n) is 4.08. The number of nitrogens with zero attached hydrogens (tertiary/aromatic N) is 1. The van der Waals surface area contributed by atoms with E-state index < -0.39 is 11.8 Å². The minimum absolute atomic E-state index is 0.0123. The number of ether oxygens (including phenoxy) is 2. The van der Waals surface area contributed by atoms with Crippen LogP contribution in [0.5, 0.6) is 11.5 Å². The van der Waals surface area contributed by atoms with Gasteiger partial charge in [-0.05, 0) is 54.5 Å². The standard InChI is InChI=1S/C21H20N2O4S/c1-3-11-27-17-10-9-14(13-18(17)26-2)12-16-19(24)22-21(28)23(20(16)25)15-7-5-4-6-8-15/h4-10,12-13H,3,11H2,1-2H3,(H,22,24,28)/b16-12-. The summed E-state index contributed by atoms with van der Waals surface area (Å²) in [5.74, 6) is 0.123. The van der Waals surface area contributed by atoms with Gasteiger partial charge < -0.3 is 9.47 Å². The van der Waals surface area contributed by atoms with Gasteiger partial charge in [0.1, 0.15) is 5.57 Å². The largest absolute Gasteiger partial charge is 0.493 e. The van der Waals surface area contributed by atoms with Crippen LogP contribution in [-0.2, 0) is 9.59 Å². The van der Waals surface area contributed by atoms with Gasteiger partial charge in [0.05, 0.1) is 19.4 Å². The van der Waals surface area contributed by atoms with Gasteiger partial charge in [-0.15, -0.1) is 0 Å². The van der Waals surface area contributed by atoms with Gasteiger partial charge in [-0.25, -0.2) is 0 Å². The van der Waals surface area contributed by atoms with E-state index in [1.165, 1.54) is 11.0 Å². The highest BCUT2D eigenvalue weighted by atomic mass is 32.1. The van der Waals surface area contributed by atoms with Gasteiger partial charge in [0, 0.05) is 0 Å². The molecule has 2 aromatic carbocycles. The molecule has 0 bridgehead atoms. The fourth-order valence-electron chi connectivity index (χ4n) is 2.74. The molecule has 0 saturated carbocycles. The maximum Gasteiger partial charge on any atom is 0.270 e. The minimum atomic E-state index is -0.535. The molecule has 0 spiro atoms. The summed E-state index contributed by atoms with van der Waals surface area (Å²) in [5.41, 5.74) is 1.21. The third-order valence-corrected chi connectivity index (χ3v) is 4.36. The number of methoxy groups -OCH3 is 1. The summed E-state index contributed by atoms with van der Waals surface area (Å²) in [7, 11) is 1.54. The van der Waals surface area contributed by atoms with Gasteiger partial charge in [-0.3, -0.25) is 19.8 Å². The molecule has 28 heavy (non-hydrogen) atoms. The number of hydrogen-bond acceptors (Lipinski definition) is 5. The zero-order valence-corrected chi connectivity index (χ0v) is 16.4. The van der Waals surface area contributed by atoms with E-state index in [2.05, 4.69) is 5.32 Å². The summed E-state index contributed by atoms with van der Waals surface area (Å²) in [4.78, 5) is 26.7. The van der Waals surface area contributed by atoms with Gasteiger partial charge in [0.15, 0.2) is 16.6 Å². The van der Waals surface area contributed by atoms with Gasteiger partial charge in [0.2, 0.25) is 0 Å². The molecule has 0 radical (unpaired) electrons. The first kappa shape index (κ1) is 19.6. The van der Waals surface area contributed by atoms with Crippen LogP contribution in [0.25, 0.3) is 6.08 Å². The monoisotopic (exact) mass is 396 g/mol. The molecular formula is C21H20N2O4S. The van der Waals surface area contributed by atoms with Crippen LogP contribution in [0.2, 0.25) is 0 Å². The molecule has 2 aromatic rings. The Morgan fingerprint density at radius 2 is 1.86 bits per heavy atom. The number of rotatable bonds is 6. The van der Waals surface area contributed by atoms with Crippen molar-refractivity contribution in [3.63, 3.8) is 0 Å². The lowest BCUT2D eigenvalue weighted by molar-refractivity contribution is -0.122. The van der Waals surface area contributed by atoms with Crippen LogP contribution in [0.3, 0.4) is 0 Å². The summed E-state index contributed by atoms with van der Waals surface area (Å²) >= 11 is 5.19. The summed E-state index contributed by atoms with van der Waals surface area (Å²) in [5, 5.41) is 2.62. The molecule has 0 atom stereocenters. The number of para-hydroxylation sites is 1. The van der Waals surface area contributed by atoms with Crippen molar-refractivity contribution in [2.45, 2.75) is 13.3 Å². The van der Waals surface area contributed by atoms with E-state index in [4.69, 9.17) is 21.7 Å². The minimum Gasteiger partial charge on any atom is -0.493 e. The van der Waals surface area contributed by atoms with Crippen LogP contribution in [0, 0.1) is 0 Å². The molecule has 0 aliphatic carbocycles. The summed E-state index contributed by atoms with van der Waals surface area (Å²) in [6.07, 6.45) is 2.39. The zero-order valence-electron chi connectivity index (χ0n) is 15.6. The molecule has 0 unspecified atom stereocenters. The molecule has 2 amide bonds. The Hall–Kier alpha value is -3.19. The predicted octanol–water partition coefficient (Wildman–Crippen LogP) is 3.32. The number of thiocarbonyl (C=S) groups is 1. The Kier molecular flexibility index (Phi) is 6.06. The molecule has 3 rings (SSSR count). The summed E-state index contributed by atoms with van der Waals surface area (Å²) < 4.78 is 11.0. The van der Waals surface area contributed by atoms with Crippen LogP contribution in [0.15, 0.2) is 54.1 Å². The van der Waals surface area contributed by atoms with Crippen LogP contribution < -0.4 is 19.7 Å². The SMILES string of the molecule is CCCOc1ccc(/C=C2/C(=O)NC(=S)N(c3ccccc3)C2=O)cc1OC. The number of hydrogen-bond donors (Lipinski definition) is 1. The molecule has 0 aromatic heterocycles. The zero-order chi connectivity index (χ0) is 20.1. The van der Waals surface area contributed by atoms with Crippen molar-refractivity contribution in [1.29, 1.82) is 0 Å². The molecule has 1 saturated heterocycles. The second-order valence-corrected chi connectivity index (χ2v) is 6.44. The normalized spacial score (nSPS) is 15.6. The smallest absolute Gasteiger partial charge is 0.270 e. The fraction of sp³-hybridized carbons (Fsp3) is 0.190. The number of carbonyl (C=O) groups is 2. The Morgan fingerprint density at radius 1 is 1.11 bits per heavy atom. The Balaban J connectivity index is 1.95. The number of benzene rings is 2. The van der Waals surface area contributed by atoms with E-state index >= 15 is 0 Å². The van der Waals surface area contributed by atoms with Gasteiger partial charge in [-0.2, -0.15) is 0 Å². The van der Waals surface area contributed by atoms with E-state index in [9.17, 15) is 9.59 Å². The molecule has 1 fully saturated rings. The van der Waals surface area contributed by atoms with Gasteiger partial charge in [0.25, 0.3) is 11.8 Å². The molecular weight excluding hydrogens is 376 g/mol. The van der Waals surface area contributed by atoms with Crippen molar-refractivity contribution in [2.75, 3.05) is 18.6 Å². The van der Waals surface area contributed by atoms with E-state index in [0.29, 0.717) is 29.4 Å². The van der Waals surface area contributed by atoms with Gasteiger partial charge >= 0.3 is 0 Å². The Labute approximate surface area is 168 Å². The maximum atomic E-state index is 13.0. The van der Waals surface area contributed by atoms with Crippen LogP contribution in [0.1, 0.15) is 18.9 Å². The van der Waals surface area contributed by atoms with Crippen molar-refractivity contribution in [3.05, 3.63) is 59.7 Å². The summed E-state index contributed by atoms with van der Waals surface area (Å²) in [6.45, 7) is 2.59. The second kappa shape index (κ2) is 8.67. The molecule has 1 aliphatic rings. The Bertz CT molecular complexity index is 941.